The Bertz CT molecular complexity index is 641. The molecule has 6 heteroatoms. The number of aromatic nitrogens is 1. The lowest BCUT2D eigenvalue weighted by Crippen LogP contribution is -2.17. The third-order valence-corrected chi connectivity index (χ3v) is 2.52. The van der Waals surface area contributed by atoms with E-state index in [9.17, 15) is 9.59 Å². The third kappa shape index (κ3) is 3.32. The molecule has 0 aliphatic carbocycles. The Balaban J connectivity index is 2.08. The summed E-state index contributed by atoms with van der Waals surface area (Å²) in [5, 5.41) is 11.4. The molecule has 0 spiro atoms. The average Bonchev–Trinajstić information content (AvgIpc) is 2.41. The van der Waals surface area contributed by atoms with E-state index in [0.29, 0.717) is 11.4 Å². The number of hydrogen-bond donors (Lipinski definition) is 2. The number of amides is 1. The second-order valence-electron chi connectivity index (χ2n) is 3.99. The summed E-state index contributed by atoms with van der Waals surface area (Å²) in [4.78, 5) is 26.5. The van der Waals surface area contributed by atoms with Crippen LogP contribution in [0.5, 0.6) is 5.75 Å². The van der Waals surface area contributed by atoms with Gasteiger partial charge in [0.05, 0.1) is 23.1 Å². The number of aromatic carboxylic acids is 1. The lowest BCUT2D eigenvalue weighted by atomic mass is 10.2. The maximum Gasteiger partial charge on any atom is 0.417 e. The number of carboxylic acid groups (broad SMARTS) is 1. The lowest BCUT2D eigenvalue weighted by Gasteiger charge is -2.07. The van der Waals surface area contributed by atoms with Crippen molar-refractivity contribution < 1.29 is 19.4 Å². The lowest BCUT2D eigenvalue weighted by molar-refractivity contribution is 0.0695. The van der Waals surface area contributed by atoms with Crippen LogP contribution in [0.2, 0.25) is 0 Å². The van der Waals surface area contributed by atoms with Gasteiger partial charge in [-0.3, -0.25) is 10.3 Å². The highest BCUT2D eigenvalue weighted by atomic mass is 16.6. The molecule has 0 unspecified atom stereocenters. The summed E-state index contributed by atoms with van der Waals surface area (Å²) in [6.07, 6.45) is 0.659. The fraction of sp³-hybridized carbons (Fsp3) is 0.0714. The first-order chi connectivity index (χ1) is 9.56. The normalized spacial score (nSPS) is 9.85. The van der Waals surface area contributed by atoms with Crippen molar-refractivity contribution >= 4 is 17.7 Å². The van der Waals surface area contributed by atoms with E-state index in [-0.39, 0.29) is 11.3 Å². The zero-order chi connectivity index (χ0) is 14.5. The molecule has 20 heavy (non-hydrogen) atoms. The van der Waals surface area contributed by atoms with Gasteiger partial charge in [0.2, 0.25) is 0 Å². The summed E-state index contributed by atoms with van der Waals surface area (Å²) < 4.78 is 5.02. The molecule has 0 fully saturated rings. The van der Waals surface area contributed by atoms with Gasteiger partial charge in [0, 0.05) is 0 Å². The van der Waals surface area contributed by atoms with Crippen LogP contribution < -0.4 is 10.1 Å². The van der Waals surface area contributed by atoms with Crippen molar-refractivity contribution in [1.82, 2.24) is 4.98 Å². The maximum atomic E-state index is 11.6. The summed E-state index contributed by atoms with van der Waals surface area (Å²) in [5.41, 5.74) is 0.663. The monoisotopic (exact) mass is 272 g/mol. The molecule has 1 heterocycles. The summed E-state index contributed by atoms with van der Waals surface area (Å²) in [6, 6.07) is 9.87. The average molecular weight is 272 g/mol. The summed E-state index contributed by atoms with van der Waals surface area (Å²) in [6.45, 7) is 1.58. The van der Waals surface area contributed by atoms with Gasteiger partial charge in [0.25, 0.3) is 0 Å². The van der Waals surface area contributed by atoms with Crippen molar-refractivity contribution in [3.8, 4) is 5.75 Å². The van der Waals surface area contributed by atoms with E-state index in [4.69, 9.17) is 9.84 Å². The van der Waals surface area contributed by atoms with Crippen molar-refractivity contribution in [1.29, 1.82) is 0 Å². The second kappa shape index (κ2) is 5.83. The molecule has 1 aromatic heterocycles. The number of nitrogens with one attached hydrogen (secondary N) is 1. The number of nitrogens with zero attached hydrogens (tertiary/aromatic N) is 1. The number of pyridine rings is 1. The smallest absolute Gasteiger partial charge is 0.417 e. The van der Waals surface area contributed by atoms with Gasteiger partial charge in [-0.15, -0.1) is 0 Å². The minimum Gasteiger partial charge on any atom is -0.478 e. The molecule has 0 aliphatic heterocycles. The van der Waals surface area contributed by atoms with Crippen molar-refractivity contribution in [2.45, 2.75) is 6.92 Å². The van der Waals surface area contributed by atoms with Crippen molar-refractivity contribution in [2.24, 2.45) is 0 Å². The quantitative estimate of drug-likeness (QED) is 0.896. The molecule has 2 aromatic rings. The molecular formula is C14H12N2O4. The molecule has 1 aromatic carbocycles. The highest BCUT2D eigenvalue weighted by Gasteiger charge is 2.11. The predicted octanol–water partition coefficient (Wildman–Crippen LogP) is 2.70. The van der Waals surface area contributed by atoms with Crippen LogP contribution in [-0.4, -0.2) is 22.2 Å². The number of hydrogen-bond acceptors (Lipinski definition) is 4. The molecule has 1 amide bonds. The van der Waals surface area contributed by atoms with Crippen LogP contribution in [0.25, 0.3) is 0 Å². The summed E-state index contributed by atoms with van der Waals surface area (Å²) in [7, 11) is 0. The highest BCUT2D eigenvalue weighted by Crippen LogP contribution is 2.14. The van der Waals surface area contributed by atoms with Crippen molar-refractivity contribution in [3.63, 3.8) is 0 Å². The van der Waals surface area contributed by atoms with Gasteiger partial charge < -0.3 is 9.84 Å². The standard InChI is InChI=1S/C14H12N2O4/c1-9-12(13(17)18)7-10(8-15-9)16-14(19)20-11-5-3-2-4-6-11/h2-8H,1H3,(H,16,19)(H,17,18). The van der Waals surface area contributed by atoms with Crippen LogP contribution in [0.15, 0.2) is 42.6 Å². The van der Waals surface area contributed by atoms with Crippen LogP contribution in [0.3, 0.4) is 0 Å². The van der Waals surface area contributed by atoms with Crippen molar-refractivity contribution in [2.75, 3.05) is 5.32 Å². The van der Waals surface area contributed by atoms with E-state index in [0.717, 1.165) is 0 Å². The molecule has 0 aliphatic rings. The molecular weight excluding hydrogens is 260 g/mol. The maximum absolute atomic E-state index is 11.6. The first-order valence-electron chi connectivity index (χ1n) is 5.80. The van der Waals surface area contributed by atoms with Crippen LogP contribution in [0.4, 0.5) is 10.5 Å². The number of rotatable bonds is 3. The Morgan fingerprint density at radius 2 is 1.95 bits per heavy atom. The van der Waals surface area contributed by atoms with Gasteiger partial charge in [-0.05, 0) is 25.1 Å². The Hall–Kier alpha value is -2.89. The Morgan fingerprint density at radius 1 is 1.25 bits per heavy atom. The van der Waals surface area contributed by atoms with Crippen LogP contribution in [0, 0.1) is 6.92 Å². The van der Waals surface area contributed by atoms with Crippen LogP contribution in [0.1, 0.15) is 16.1 Å². The largest absolute Gasteiger partial charge is 0.478 e. The van der Waals surface area contributed by atoms with E-state index >= 15 is 0 Å². The van der Waals surface area contributed by atoms with Gasteiger partial charge in [-0.25, -0.2) is 9.59 Å². The molecule has 0 saturated heterocycles. The van der Waals surface area contributed by atoms with Crippen molar-refractivity contribution in [3.05, 3.63) is 53.9 Å². The van der Waals surface area contributed by atoms with Gasteiger partial charge >= 0.3 is 12.1 Å². The second-order valence-corrected chi connectivity index (χ2v) is 3.99. The van der Waals surface area contributed by atoms with E-state index < -0.39 is 12.1 Å². The predicted molar refractivity (Wildman–Crippen MR) is 72.0 cm³/mol. The van der Waals surface area contributed by atoms with E-state index in [1.807, 2.05) is 0 Å². The molecule has 0 atom stereocenters. The molecule has 2 rings (SSSR count). The SMILES string of the molecule is Cc1ncc(NC(=O)Oc2ccccc2)cc1C(=O)O. The van der Waals surface area contributed by atoms with Crippen LogP contribution in [-0.2, 0) is 0 Å². The van der Waals surface area contributed by atoms with Gasteiger partial charge in [0.15, 0.2) is 0 Å². The fourth-order valence-electron chi connectivity index (χ4n) is 1.56. The highest BCUT2D eigenvalue weighted by molar-refractivity contribution is 5.92. The van der Waals surface area contributed by atoms with E-state index in [1.165, 1.54) is 12.3 Å². The molecule has 102 valence electrons. The minimum absolute atomic E-state index is 0.0301. The number of carbonyl (C=O) groups excluding carboxylic acids is 1. The Morgan fingerprint density at radius 3 is 2.60 bits per heavy atom. The zero-order valence-electron chi connectivity index (χ0n) is 10.7. The number of para-hydroxylation sites is 1. The summed E-state index contributed by atoms with van der Waals surface area (Å²) >= 11 is 0. The molecule has 6 nitrogen and oxygen atoms in total. The van der Waals surface area contributed by atoms with Crippen LogP contribution >= 0.6 is 0 Å². The van der Waals surface area contributed by atoms with E-state index in [1.54, 1.807) is 37.3 Å². The third-order valence-electron chi connectivity index (χ3n) is 2.52. The molecule has 0 radical (unpaired) electrons. The number of carboxylic acids is 1. The topological polar surface area (TPSA) is 88.5 Å². The van der Waals surface area contributed by atoms with Gasteiger partial charge in [-0.2, -0.15) is 0 Å². The van der Waals surface area contributed by atoms with E-state index in [2.05, 4.69) is 10.3 Å². The molecule has 0 bridgehead atoms. The first kappa shape index (κ1) is 13.5. The Labute approximate surface area is 115 Å². The molecule has 2 N–H and O–H groups in total. The zero-order valence-corrected chi connectivity index (χ0v) is 10.7. The number of carbonyl (C=O) groups is 2. The number of anilines is 1. The first-order valence-corrected chi connectivity index (χ1v) is 5.80. The van der Waals surface area contributed by atoms with Gasteiger partial charge in [-0.1, -0.05) is 18.2 Å². The minimum atomic E-state index is -1.10. The molecule has 0 saturated carbocycles. The Kier molecular flexibility index (Phi) is 3.95. The van der Waals surface area contributed by atoms with Gasteiger partial charge in [0.1, 0.15) is 5.75 Å². The summed E-state index contributed by atoms with van der Waals surface area (Å²) in [5.74, 6) is -0.710. The fourth-order valence-corrected chi connectivity index (χ4v) is 1.56. The number of ether oxygens (including phenoxy) is 1. The number of benzene rings is 1. The number of aryl methyl sites for hydroxylation is 1.